The number of carbonyl (C=O) groups excluding carboxylic acids is 1. The van der Waals surface area contributed by atoms with Crippen molar-refractivity contribution < 1.29 is 9.53 Å². The molecule has 0 unspecified atom stereocenters. The summed E-state index contributed by atoms with van der Waals surface area (Å²) in [6.07, 6.45) is 1.90. The lowest BCUT2D eigenvalue weighted by Crippen LogP contribution is -2.31. The highest BCUT2D eigenvalue weighted by Gasteiger charge is 2.22. The third kappa shape index (κ3) is 2.54. The van der Waals surface area contributed by atoms with Gasteiger partial charge in [-0.15, -0.1) is 0 Å². The van der Waals surface area contributed by atoms with Gasteiger partial charge >= 0.3 is 0 Å². The molecule has 4 nitrogen and oxygen atoms in total. The van der Waals surface area contributed by atoms with Gasteiger partial charge in [0.15, 0.2) is 0 Å². The van der Waals surface area contributed by atoms with Gasteiger partial charge in [-0.2, -0.15) is 0 Å². The first kappa shape index (κ1) is 16.1. The van der Waals surface area contributed by atoms with Crippen molar-refractivity contribution in [1.82, 2.24) is 4.98 Å². The van der Waals surface area contributed by atoms with Crippen LogP contribution in [0.1, 0.15) is 28.4 Å². The molecule has 3 aromatic rings. The summed E-state index contributed by atoms with van der Waals surface area (Å²) >= 11 is 0. The van der Waals surface area contributed by atoms with Gasteiger partial charge in [0.1, 0.15) is 5.75 Å². The van der Waals surface area contributed by atoms with Crippen LogP contribution in [0.5, 0.6) is 5.75 Å². The van der Waals surface area contributed by atoms with Crippen molar-refractivity contribution in [3.8, 4) is 5.75 Å². The molecule has 0 aliphatic carbocycles. The standard InChI is InChI=1S/C20H22N2O2/c1-5-22(18-12-21-17-9-7-6-8-16(17)18)20(23)15-11-10-13(2)19(24-4)14(15)3/h6-12,21H,5H2,1-4H3. The van der Waals surface area contributed by atoms with Crippen molar-refractivity contribution in [3.63, 3.8) is 0 Å². The van der Waals surface area contributed by atoms with Gasteiger partial charge in [0, 0.05) is 34.8 Å². The predicted molar refractivity (Wildman–Crippen MR) is 98.1 cm³/mol. The third-order valence-corrected chi connectivity index (χ3v) is 4.46. The first-order valence-corrected chi connectivity index (χ1v) is 8.10. The Morgan fingerprint density at radius 3 is 2.62 bits per heavy atom. The lowest BCUT2D eigenvalue weighted by molar-refractivity contribution is 0.0987. The first-order valence-electron chi connectivity index (χ1n) is 8.10. The number of amides is 1. The Balaban J connectivity index is 2.08. The number of methoxy groups -OCH3 is 1. The Bertz CT molecular complexity index is 896. The van der Waals surface area contributed by atoms with Crippen LogP contribution in [0.4, 0.5) is 5.69 Å². The maximum atomic E-state index is 13.2. The number of H-pyrrole nitrogens is 1. The molecule has 1 heterocycles. The molecule has 0 saturated heterocycles. The van der Waals surface area contributed by atoms with Gasteiger partial charge in [0.25, 0.3) is 5.91 Å². The molecule has 24 heavy (non-hydrogen) atoms. The maximum absolute atomic E-state index is 13.2. The highest BCUT2D eigenvalue weighted by atomic mass is 16.5. The Kier molecular flexibility index (Phi) is 4.30. The molecule has 0 radical (unpaired) electrons. The minimum absolute atomic E-state index is 0.0157. The summed E-state index contributed by atoms with van der Waals surface area (Å²) in [6.45, 7) is 6.50. The van der Waals surface area contributed by atoms with Crippen LogP contribution in [0.25, 0.3) is 10.9 Å². The first-order chi connectivity index (χ1) is 11.6. The van der Waals surface area contributed by atoms with E-state index in [1.54, 1.807) is 12.0 Å². The zero-order valence-electron chi connectivity index (χ0n) is 14.5. The van der Waals surface area contributed by atoms with Crippen molar-refractivity contribution in [1.29, 1.82) is 0 Å². The molecule has 0 spiro atoms. The Morgan fingerprint density at radius 2 is 1.92 bits per heavy atom. The van der Waals surface area contributed by atoms with Crippen molar-refractivity contribution >= 4 is 22.5 Å². The Labute approximate surface area is 142 Å². The smallest absolute Gasteiger partial charge is 0.258 e. The van der Waals surface area contributed by atoms with Crippen molar-refractivity contribution in [2.24, 2.45) is 0 Å². The fourth-order valence-corrected chi connectivity index (χ4v) is 3.22. The molecule has 1 amide bonds. The molecule has 1 N–H and O–H groups in total. The van der Waals surface area contributed by atoms with Gasteiger partial charge in [-0.1, -0.05) is 24.3 Å². The van der Waals surface area contributed by atoms with Crippen LogP contribution in [-0.4, -0.2) is 24.5 Å². The van der Waals surface area contributed by atoms with Gasteiger partial charge < -0.3 is 14.6 Å². The molecule has 2 aromatic carbocycles. The van der Waals surface area contributed by atoms with E-state index < -0.39 is 0 Å². The number of para-hydroxylation sites is 1. The second kappa shape index (κ2) is 6.40. The van der Waals surface area contributed by atoms with Gasteiger partial charge in [0.05, 0.1) is 12.8 Å². The topological polar surface area (TPSA) is 45.3 Å². The number of anilines is 1. The largest absolute Gasteiger partial charge is 0.496 e. The molecular formula is C20H22N2O2. The third-order valence-electron chi connectivity index (χ3n) is 4.46. The van der Waals surface area contributed by atoms with Crippen LogP contribution in [0, 0.1) is 13.8 Å². The molecular weight excluding hydrogens is 300 g/mol. The van der Waals surface area contributed by atoms with E-state index >= 15 is 0 Å². The van der Waals surface area contributed by atoms with Gasteiger partial charge in [0.2, 0.25) is 0 Å². The molecule has 0 aliphatic rings. The quantitative estimate of drug-likeness (QED) is 0.771. The van der Waals surface area contributed by atoms with Crippen LogP contribution in [0.15, 0.2) is 42.6 Å². The summed E-state index contributed by atoms with van der Waals surface area (Å²) in [5.74, 6) is 0.758. The van der Waals surface area contributed by atoms with E-state index in [1.807, 2.05) is 63.4 Å². The normalized spacial score (nSPS) is 10.8. The molecule has 0 bridgehead atoms. The summed E-state index contributed by atoms with van der Waals surface area (Å²) < 4.78 is 5.46. The highest BCUT2D eigenvalue weighted by molar-refractivity contribution is 6.11. The summed E-state index contributed by atoms with van der Waals surface area (Å²) in [4.78, 5) is 18.2. The highest BCUT2D eigenvalue weighted by Crippen LogP contribution is 2.31. The molecule has 4 heteroatoms. The molecule has 1 aromatic heterocycles. The average Bonchev–Trinajstić information content (AvgIpc) is 3.00. The molecule has 0 aliphatic heterocycles. The number of ether oxygens (including phenoxy) is 1. The van der Waals surface area contributed by atoms with Crippen LogP contribution in [-0.2, 0) is 0 Å². The van der Waals surface area contributed by atoms with E-state index in [1.165, 1.54) is 0 Å². The Hall–Kier alpha value is -2.75. The van der Waals surface area contributed by atoms with Crippen LogP contribution >= 0.6 is 0 Å². The van der Waals surface area contributed by atoms with E-state index in [-0.39, 0.29) is 5.91 Å². The number of rotatable bonds is 4. The summed E-state index contributed by atoms with van der Waals surface area (Å²) in [7, 11) is 1.64. The number of fused-ring (bicyclic) bond motifs is 1. The fraction of sp³-hybridized carbons (Fsp3) is 0.250. The van der Waals surface area contributed by atoms with E-state index in [9.17, 15) is 4.79 Å². The van der Waals surface area contributed by atoms with Crippen LogP contribution in [0.3, 0.4) is 0 Å². The average molecular weight is 322 g/mol. The zero-order valence-corrected chi connectivity index (χ0v) is 14.5. The van der Waals surface area contributed by atoms with Gasteiger partial charge in [-0.3, -0.25) is 4.79 Å². The number of aromatic amines is 1. The molecule has 0 atom stereocenters. The van der Waals surface area contributed by atoms with Crippen molar-refractivity contribution in [3.05, 3.63) is 59.3 Å². The zero-order chi connectivity index (χ0) is 17.3. The minimum Gasteiger partial charge on any atom is -0.496 e. The van der Waals surface area contributed by atoms with Crippen LogP contribution in [0.2, 0.25) is 0 Å². The van der Waals surface area contributed by atoms with E-state index in [0.29, 0.717) is 12.1 Å². The number of carbonyl (C=O) groups is 1. The lowest BCUT2D eigenvalue weighted by Gasteiger charge is -2.22. The fourth-order valence-electron chi connectivity index (χ4n) is 3.22. The summed E-state index contributed by atoms with van der Waals surface area (Å²) in [6, 6.07) is 11.8. The molecule has 0 fully saturated rings. The second-order valence-electron chi connectivity index (χ2n) is 5.86. The predicted octanol–water partition coefficient (Wildman–Crippen LogP) is 4.46. The number of aryl methyl sites for hydroxylation is 1. The van der Waals surface area contributed by atoms with E-state index in [0.717, 1.165) is 33.5 Å². The molecule has 0 saturated carbocycles. The maximum Gasteiger partial charge on any atom is 0.258 e. The number of aromatic nitrogens is 1. The molecule has 3 rings (SSSR count). The van der Waals surface area contributed by atoms with Crippen molar-refractivity contribution in [2.45, 2.75) is 20.8 Å². The number of hydrogen-bond donors (Lipinski definition) is 1. The number of nitrogens with one attached hydrogen (secondary N) is 1. The van der Waals surface area contributed by atoms with E-state index in [2.05, 4.69) is 4.98 Å². The van der Waals surface area contributed by atoms with E-state index in [4.69, 9.17) is 4.74 Å². The monoisotopic (exact) mass is 322 g/mol. The second-order valence-corrected chi connectivity index (χ2v) is 5.86. The number of nitrogens with zero attached hydrogens (tertiary/aromatic N) is 1. The van der Waals surface area contributed by atoms with Crippen LogP contribution < -0.4 is 9.64 Å². The van der Waals surface area contributed by atoms with Gasteiger partial charge in [-0.05, 0) is 38.5 Å². The van der Waals surface area contributed by atoms with Gasteiger partial charge in [-0.25, -0.2) is 0 Å². The van der Waals surface area contributed by atoms with Crippen molar-refractivity contribution in [2.75, 3.05) is 18.6 Å². The SMILES string of the molecule is CCN(C(=O)c1ccc(C)c(OC)c1C)c1c[nH]c2ccccc12. The summed E-state index contributed by atoms with van der Waals surface area (Å²) in [5, 5.41) is 1.05. The number of hydrogen-bond acceptors (Lipinski definition) is 2. The molecule has 124 valence electrons. The minimum atomic E-state index is -0.0157. The lowest BCUT2D eigenvalue weighted by atomic mass is 10.0. The Morgan fingerprint density at radius 1 is 1.17 bits per heavy atom. The summed E-state index contributed by atoms with van der Waals surface area (Å²) in [5.41, 5.74) is 4.50. The number of benzene rings is 2.